The van der Waals surface area contributed by atoms with E-state index in [9.17, 15) is 9.59 Å². The SMILES string of the molecule is CCOC(=O)c1cn2c(c1C)C(=O)CCC2. The Morgan fingerprint density at radius 1 is 1.56 bits per heavy atom. The molecule has 0 atom stereocenters. The summed E-state index contributed by atoms with van der Waals surface area (Å²) in [6.45, 7) is 4.74. The third-order valence-corrected chi connectivity index (χ3v) is 2.89. The smallest absolute Gasteiger partial charge is 0.339 e. The number of ketones is 1. The van der Waals surface area contributed by atoms with Crippen molar-refractivity contribution in [2.75, 3.05) is 6.61 Å². The van der Waals surface area contributed by atoms with Gasteiger partial charge >= 0.3 is 5.97 Å². The number of aryl methyl sites for hydroxylation is 1. The van der Waals surface area contributed by atoms with Gasteiger partial charge in [-0.15, -0.1) is 0 Å². The number of carbonyl (C=O) groups is 2. The third kappa shape index (κ3) is 1.64. The van der Waals surface area contributed by atoms with Crippen molar-refractivity contribution in [1.29, 1.82) is 0 Å². The van der Waals surface area contributed by atoms with E-state index in [1.54, 1.807) is 20.0 Å². The molecule has 2 heterocycles. The molecule has 86 valence electrons. The largest absolute Gasteiger partial charge is 0.462 e. The van der Waals surface area contributed by atoms with E-state index in [0.717, 1.165) is 18.5 Å². The van der Waals surface area contributed by atoms with Gasteiger partial charge in [-0.05, 0) is 25.8 Å². The highest BCUT2D eigenvalue weighted by Gasteiger charge is 2.25. The molecule has 4 nitrogen and oxygen atoms in total. The van der Waals surface area contributed by atoms with Crippen LogP contribution in [0.5, 0.6) is 0 Å². The second-order valence-corrected chi connectivity index (χ2v) is 3.96. The quantitative estimate of drug-likeness (QED) is 0.717. The Balaban J connectivity index is 2.42. The van der Waals surface area contributed by atoms with Crippen LogP contribution in [0.2, 0.25) is 0 Å². The van der Waals surface area contributed by atoms with Crippen LogP contribution in [0.1, 0.15) is 46.2 Å². The topological polar surface area (TPSA) is 48.3 Å². The van der Waals surface area contributed by atoms with E-state index in [2.05, 4.69) is 0 Å². The van der Waals surface area contributed by atoms with Gasteiger partial charge in [0.1, 0.15) is 0 Å². The van der Waals surface area contributed by atoms with Crippen molar-refractivity contribution < 1.29 is 14.3 Å². The number of hydrogen-bond donors (Lipinski definition) is 0. The average molecular weight is 221 g/mol. The maximum absolute atomic E-state index is 11.7. The monoisotopic (exact) mass is 221 g/mol. The van der Waals surface area contributed by atoms with E-state index in [4.69, 9.17) is 4.74 Å². The molecule has 0 bridgehead atoms. The van der Waals surface area contributed by atoms with Gasteiger partial charge in [0, 0.05) is 19.2 Å². The highest BCUT2D eigenvalue weighted by atomic mass is 16.5. The second-order valence-electron chi connectivity index (χ2n) is 3.96. The number of fused-ring (bicyclic) bond motifs is 1. The van der Waals surface area contributed by atoms with Crippen molar-refractivity contribution in [3.63, 3.8) is 0 Å². The van der Waals surface area contributed by atoms with Crippen LogP contribution < -0.4 is 0 Å². The van der Waals surface area contributed by atoms with E-state index in [0.29, 0.717) is 24.3 Å². The summed E-state index contributed by atoms with van der Waals surface area (Å²) in [4.78, 5) is 23.4. The van der Waals surface area contributed by atoms with Crippen molar-refractivity contribution >= 4 is 11.8 Å². The highest BCUT2D eigenvalue weighted by Crippen LogP contribution is 2.23. The predicted molar refractivity (Wildman–Crippen MR) is 58.7 cm³/mol. The zero-order chi connectivity index (χ0) is 11.7. The highest BCUT2D eigenvalue weighted by molar-refractivity contribution is 6.01. The predicted octanol–water partition coefficient (Wildman–Crippen LogP) is 1.95. The van der Waals surface area contributed by atoms with Gasteiger partial charge in [0.15, 0.2) is 5.78 Å². The average Bonchev–Trinajstić information content (AvgIpc) is 2.58. The molecule has 1 aromatic rings. The van der Waals surface area contributed by atoms with Gasteiger partial charge in [-0.1, -0.05) is 0 Å². The minimum atomic E-state index is -0.338. The Morgan fingerprint density at radius 2 is 2.31 bits per heavy atom. The molecule has 0 saturated carbocycles. The summed E-state index contributed by atoms with van der Waals surface area (Å²) in [5, 5.41) is 0. The lowest BCUT2D eigenvalue weighted by Gasteiger charge is -2.14. The van der Waals surface area contributed by atoms with Crippen LogP contribution in [-0.2, 0) is 11.3 Å². The maximum atomic E-state index is 11.7. The van der Waals surface area contributed by atoms with Crippen molar-refractivity contribution in [3.8, 4) is 0 Å². The zero-order valence-corrected chi connectivity index (χ0v) is 9.58. The number of rotatable bonds is 2. The molecule has 0 amide bonds. The van der Waals surface area contributed by atoms with Crippen LogP contribution in [0, 0.1) is 6.92 Å². The Bertz CT molecular complexity index is 445. The van der Waals surface area contributed by atoms with Gasteiger partial charge in [0.05, 0.1) is 17.9 Å². The lowest BCUT2D eigenvalue weighted by molar-refractivity contribution is 0.0525. The summed E-state index contributed by atoms with van der Waals surface area (Å²) in [6, 6.07) is 0. The van der Waals surface area contributed by atoms with Gasteiger partial charge in [0.2, 0.25) is 0 Å². The molecule has 0 aromatic carbocycles. The first-order valence-corrected chi connectivity index (χ1v) is 5.55. The summed E-state index contributed by atoms with van der Waals surface area (Å²) < 4.78 is 6.83. The third-order valence-electron chi connectivity index (χ3n) is 2.89. The molecule has 4 heteroatoms. The van der Waals surface area contributed by atoms with E-state index in [-0.39, 0.29) is 11.8 Å². The number of carbonyl (C=O) groups excluding carboxylic acids is 2. The van der Waals surface area contributed by atoms with Crippen LogP contribution in [0.4, 0.5) is 0 Å². The lowest BCUT2D eigenvalue weighted by Crippen LogP contribution is -2.16. The summed E-state index contributed by atoms with van der Waals surface area (Å²) in [5.41, 5.74) is 1.95. The van der Waals surface area contributed by atoms with Gasteiger partial charge in [-0.2, -0.15) is 0 Å². The van der Waals surface area contributed by atoms with Gasteiger partial charge in [0.25, 0.3) is 0 Å². The Hall–Kier alpha value is -1.58. The molecule has 1 aliphatic rings. The van der Waals surface area contributed by atoms with E-state index in [1.807, 2.05) is 4.57 Å². The molecule has 0 unspecified atom stereocenters. The van der Waals surface area contributed by atoms with Gasteiger partial charge in [-0.25, -0.2) is 4.79 Å². The molecule has 0 N–H and O–H groups in total. The van der Waals surface area contributed by atoms with Crippen LogP contribution >= 0.6 is 0 Å². The summed E-state index contributed by atoms with van der Waals surface area (Å²) in [7, 11) is 0. The number of ether oxygens (including phenoxy) is 1. The number of Topliss-reactive ketones (excluding diaryl/α,β-unsaturated/α-hetero) is 1. The Morgan fingerprint density at radius 3 is 2.94 bits per heavy atom. The number of esters is 1. The molecule has 1 aromatic heterocycles. The second kappa shape index (κ2) is 4.12. The van der Waals surface area contributed by atoms with Crippen LogP contribution in [-0.4, -0.2) is 22.9 Å². The molecule has 16 heavy (non-hydrogen) atoms. The van der Waals surface area contributed by atoms with E-state index >= 15 is 0 Å². The number of nitrogens with zero attached hydrogens (tertiary/aromatic N) is 1. The lowest BCUT2D eigenvalue weighted by atomic mass is 10.0. The Kier molecular flexibility index (Phi) is 2.81. The fraction of sp³-hybridized carbons (Fsp3) is 0.500. The van der Waals surface area contributed by atoms with E-state index in [1.165, 1.54) is 0 Å². The standard InChI is InChI=1S/C12H15NO3/c1-3-16-12(15)9-7-13-6-4-5-10(14)11(13)8(9)2/h7H,3-6H2,1-2H3. The minimum absolute atomic E-state index is 0.124. The normalized spacial score (nSPS) is 14.8. The van der Waals surface area contributed by atoms with Crippen molar-refractivity contribution in [1.82, 2.24) is 4.57 Å². The maximum Gasteiger partial charge on any atom is 0.339 e. The van der Waals surface area contributed by atoms with Crippen molar-refractivity contribution in [2.24, 2.45) is 0 Å². The summed E-state index contributed by atoms with van der Waals surface area (Å²) in [6.07, 6.45) is 3.16. The first kappa shape index (κ1) is 10.9. The molecule has 2 rings (SSSR count). The molecular formula is C12H15NO3. The summed E-state index contributed by atoms with van der Waals surface area (Å²) in [5.74, 6) is -0.214. The fourth-order valence-corrected chi connectivity index (χ4v) is 2.15. The molecule has 0 spiro atoms. The van der Waals surface area contributed by atoms with Crippen LogP contribution in [0.3, 0.4) is 0 Å². The molecule has 0 saturated heterocycles. The number of hydrogen-bond acceptors (Lipinski definition) is 3. The fourth-order valence-electron chi connectivity index (χ4n) is 2.15. The minimum Gasteiger partial charge on any atom is -0.462 e. The number of aromatic nitrogens is 1. The molecule has 0 fully saturated rings. The van der Waals surface area contributed by atoms with Crippen LogP contribution in [0.25, 0.3) is 0 Å². The van der Waals surface area contributed by atoms with E-state index < -0.39 is 0 Å². The molecule has 1 aliphatic heterocycles. The van der Waals surface area contributed by atoms with Gasteiger partial charge in [-0.3, -0.25) is 4.79 Å². The van der Waals surface area contributed by atoms with Gasteiger partial charge < -0.3 is 9.30 Å². The Labute approximate surface area is 94.2 Å². The summed E-state index contributed by atoms with van der Waals surface area (Å²) >= 11 is 0. The van der Waals surface area contributed by atoms with Crippen molar-refractivity contribution in [2.45, 2.75) is 33.2 Å². The first-order valence-electron chi connectivity index (χ1n) is 5.55. The molecule has 0 radical (unpaired) electrons. The van der Waals surface area contributed by atoms with Crippen molar-refractivity contribution in [3.05, 3.63) is 23.0 Å². The van der Waals surface area contributed by atoms with Crippen LogP contribution in [0.15, 0.2) is 6.20 Å². The first-order chi connectivity index (χ1) is 7.65. The molecule has 0 aliphatic carbocycles. The molecular weight excluding hydrogens is 206 g/mol. The zero-order valence-electron chi connectivity index (χ0n) is 9.58.